The van der Waals surface area contributed by atoms with Gasteiger partial charge in [0.1, 0.15) is 5.60 Å². The fourth-order valence-corrected chi connectivity index (χ4v) is 6.35. The number of thioether (sulfide) groups is 1. The summed E-state index contributed by atoms with van der Waals surface area (Å²) in [5.41, 5.74) is -2.30. The molecule has 0 aromatic heterocycles. The maximum Gasteiger partial charge on any atom is 0.416 e. The number of nitrogens with one attached hydrogen (secondary N) is 1. The van der Waals surface area contributed by atoms with Crippen molar-refractivity contribution < 1.29 is 32.6 Å². The number of anilines is 2. The third-order valence-corrected chi connectivity index (χ3v) is 7.64. The lowest BCUT2D eigenvalue weighted by molar-refractivity contribution is -0.179. The van der Waals surface area contributed by atoms with Gasteiger partial charge in [-0.3, -0.25) is 0 Å². The number of ether oxygens (including phenoxy) is 1. The highest BCUT2D eigenvalue weighted by atomic mass is 32.2. The molecule has 0 radical (unpaired) electrons. The van der Waals surface area contributed by atoms with Gasteiger partial charge in [0.2, 0.25) is 0 Å². The van der Waals surface area contributed by atoms with Crippen molar-refractivity contribution in [2.75, 3.05) is 22.9 Å². The predicted octanol–water partition coefficient (Wildman–Crippen LogP) is 6.76. The average molecular weight is 540 g/mol. The van der Waals surface area contributed by atoms with Crippen molar-refractivity contribution in [1.29, 1.82) is 0 Å². The van der Waals surface area contributed by atoms with Crippen LogP contribution in [0.1, 0.15) is 47.5 Å². The topological polar surface area (TPSA) is 82.1 Å². The molecule has 0 saturated carbocycles. The molecular weight excluding hydrogens is 507 g/mol. The number of amides is 2. The van der Waals surface area contributed by atoms with Crippen LogP contribution in [-0.4, -0.2) is 47.7 Å². The standard InChI is InChI=1S/C26H32F3N3O4S/c1-15-10-16(2)14-31(13-15)17-6-7-18-20(11-17)37-21-12-25(26(27,28)29,30-22(33)36-24(3,4)5)9-8-19(21)32(18)23(34)35/h6-8,11-12,15-16H,9-10,13-14H2,1-5H3,(H,30,33)(H,34,35). The molecule has 0 spiro atoms. The number of nitrogens with zero attached hydrogens (tertiary/aromatic N) is 2. The van der Waals surface area contributed by atoms with Crippen LogP contribution in [0.4, 0.5) is 34.1 Å². The van der Waals surface area contributed by atoms with E-state index in [0.29, 0.717) is 22.4 Å². The van der Waals surface area contributed by atoms with Crippen LogP contribution in [0, 0.1) is 11.8 Å². The number of benzene rings is 1. The third-order valence-electron chi connectivity index (χ3n) is 6.55. The van der Waals surface area contributed by atoms with E-state index in [4.69, 9.17) is 4.74 Å². The molecule has 37 heavy (non-hydrogen) atoms. The Balaban J connectivity index is 1.73. The Kier molecular flexibility index (Phi) is 6.98. The molecule has 3 unspecified atom stereocenters. The summed E-state index contributed by atoms with van der Waals surface area (Å²) < 4.78 is 48.3. The molecule has 7 nitrogen and oxygen atoms in total. The van der Waals surface area contributed by atoms with E-state index >= 15 is 0 Å². The second-order valence-corrected chi connectivity index (χ2v) is 12.2. The third kappa shape index (κ3) is 5.56. The molecule has 3 aliphatic rings. The number of piperidine rings is 1. The fourth-order valence-electron chi connectivity index (χ4n) is 5.13. The van der Waals surface area contributed by atoms with Gasteiger partial charge in [-0.2, -0.15) is 13.2 Å². The smallest absolute Gasteiger partial charge is 0.416 e. The number of carboxylic acid groups (broad SMARTS) is 1. The summed E-state index contributed by atoms with van der Waals surface area (Å²) in [4.78, 5) is 28.5. The van der Waals surface area contributed by atoms with Crippen LogP contribution in [0.3, 0.4) is 0 Å². The number of halogens is 3. The summed E-state index contributed by atoms with van der Waals surface area (Å²) in [5, 5.41) is 12.0. The minimum Gasteiger partial charge on any atom is -0.464 e. The van der Waals surface area contributed by atoms with E-state index in [9.17, 15) is 27.9 Å². The maximum atomic E-state index is 14.4. The highest BCUT2D eigenvalue weighted by molar-refractivity contribution is 8.03. The fraction of sp³-hybridized carbons (Fsp3) is 0.538. The Hall–Kier alpha value is -2.82. The van der Waals surface area contributed by atoms with Gasteiger partial charge < -0.3 is 20.1 Å². The lowest BCUT2D eigenvalue weighted by Gasteiger charge is -2.41. The van der Waals surface area contributed by atoms with Crippen molar-refractivity contribution >= 4 is 35.3 Å². The number of carbonyl (C=O) groups is 2. The summed E-state index contributed by atoms with van der Waals surface area (Å²) >= 11 is 1.07. The van der Waals surface area contributed by atoms with E-state index in [2.05, 4.69) is 18.7 Å². The Labute approximate surface area is 218 Å². The van der Waals surface area contributed by atoms with Crippen molar-refractivity contribution in [3.8, 4) is 0 Å². The predicted molar refractivity (Wildman–Crippen MR) is 137 cm³/mol. The van der Waals surface area contributed by atoms with Gasteiger partial charge in [-0.05, 0) is 63.3 Å². The van der Waals surface area contributed by atoms with Crippen molar-refractivity contribution in [3.63, 3.8) is 0 Å². The van der Waals surface area contributed by atoms with E-state index in [1.165, 1.54) is 6.08 Å². The minimum absolute atomic E-state index is 0.104. The molecule has 2 heterocycles. The van der Waals surface area contributed by atoms with Crippen LogP contribution in [-0.2, 0) is 4.74 Å². The Morgan fingerprint density at radius 3 is 2.38 bits per heavy atom. The van der Waals surface area contributed by atoms with Gasteiger partial charge >= 0.3 is 18.4 Å². The minimum atomic E-state index is -4.85. The van der Waals surface area contributed by atoms with E-state index in [1.807, 2.05) is 17.4 Å². The number of alkyl halides is 3. The van der Waals surface area contributed by atoms with Crippen LogP contribution in [0.5, 0.6) is 0 Å². The monoisotopic (exact) mass is 539 g/mol. The molecule has 4 rings (SSSR count). The van der Waals surface area contributed by atoms with Crippen LogP contribution in [0.15, 0.2) is 45.8 Å². The number of rotatable bonds is 2. The molecule has 1 aromatic rings. The van der Waals surface area contributed by atoms with E-state index in [1.54, 1.807) is 26.8 Å². The molecule has 1 fully saturated rings. The van der Waals surface area contributed by atoms with Gasteiger partial charge in [-0.25, -0.2) is 14.5 Å². The first kappa shape index (κ1) is 27.2. The zero-order valence-electron chi connectivity index (χ0n) is 21.5. The van der Waals surface area contributed by atoms with Crippen LogP contribution in [0.2, 0.25) is 0 Å². The molecule has 11 heteroatoms. The molecule has 2 amide bonds. The van der Waals surface area contributed by atoms with Crippen LogP contribution in [0.25, 0.3) is 0 Å². The zero-order valence-corrected chi connectivity index (χ0v) is 22.3. The van der Waals surface area contributed by atoms with Gasteiger partial charge in [-0.15, -0.1) is 0 Å². The summed E-state index contributed by atoms with van der Waals surface area (Å²) in [6.45, 7) is 10.7. The van der Waals surface area contributed by atoms with Crippen molar-refractivity contribution in [3.05, 3.63) is 41.0 Å². The molecule has 1 aromatic carbocycles. The molecule has 202 valence electrons. The van der Waals surface area contributed by atoms with Crippen molar-refractivity contribution in [2.24, 2.45) is 11.8 Å². The first-order valence-corrected chi connectivity index (χ1v) is 13.0. The first-order valence-electron chi connectivity index (χ1n) is 12.2. The Morgan fingerprint density at radius 2 is 1.81 bits per heavy atom. The van der Waals surface area contributed by atoms with Gasteiger partial charge in [0, 0.05) is 35.0 Å². The lowest BCUT2D eigenvalue weighted by Crippen LogP contribution is -2.59. The van der Waals surface area contributed by atoms with Gasteiger partial charge in [0.25, 0.3) is 0 Å². The van der Waals surface area contributed by atoms with Gasteiger partial charge in [-0.1, -0.05) is 31.7 Å². The van der Waals surface area contributed by atoms with Crippen LogP contribution < -0.4 is 15.1 Å². The molecule has 2 aliphatic heterocycles. The largest absolute Gasteiger partial charge is 0.464 e. The SMILES string of the molecule is CC1CC(C)CN(c2ccc3c(c2)SC2=CC(NC(=O)OC(C)(C)C)(C(F)(F)F)CC=C2N3C(=O)O)C1. The number of hydrogen-bond donors (Lipinski definition) is 2. The quantitative estimate of drug-likeness (QED) is 0.432. The number of alkyl carbamates (subject to hydrolysis) is 1. The second kappa shape index (κ2) is 9.49. The molecule has 1 aliphatic carbocycles. The molecule has 1 saturated heterocycles. The number of carbonyl (C=O) groups excluding carboxylic acids is 1. The Morgan fingerprint density at radius 1 is 1.16 bits per heavy atom. The summed E-state index contributed by atoms with van der Waals surface area (Å²) in [6.07, 6.45) is -4.78. The van der Waals surface area contributed by atoms with Crippen molar-refractivity contribution in [2.45, 2.75) is 69.7 Å². The van der Waals surface area contributed by atoms with E-state index < -0.39 is 35.9 Å². The molecule has 3 atom stereocenters. The lowest BCUT2D eigenvalue weighted by atomic mass is 9.88. The number of hydrogen-bond acceptors (Lipinski definition) is 5. The Bertz CT molecular complexity index is 1150. The van der Waals surface area contributed by atoms with Crippen LogP contribution >= 0.6 is 11.8 Å². The van der Waals surface area contributed by atoms with E-state index in [0.717, 1.165) is 47.9 Å². The van der Waals surface area contributed by atoms with Gasteiger partial charge in [0.15, 0.2) is 5.54 Å². The maximum absolute atomic E-state index is 14.4. The zero-order chi connectivity index (χ0) is 27.3. The highest BCUT2D eigenvalue weighted by Crippen LogP contribution is 2.52. The number of fused-ring (bicyclic) bond motifs is 2. The molecule has 2 N–H and O–H groups in total. The summed E-state index contributed by atoms with van der Waals surface area (Å²) in [6, 6.07) is 5.41. The van der Waals surface area contributed by atoms with Crippen molar-refractivity contribution in [1.82, 2.24) is 5.32 Å². The summed E-state index contributed by atoms with van der Waals surface area (Å²) in [7, 11) is 0. The molecular formula is C26H32F3N3O4S. The normalized spacial score (nSPS) is 25.9. The average Bonchev–Trinajstić information content (AvgIpc) is 2.74. The second-order valence-electron chi connectivity index (χ2n) is 11.1. The molecule has 0 bridgehead atoms. The van der Waals surface area contributed by atoms with E-state index in [-0.39, 0.29) is 10.6 Å². The highest BCUT2D eigenvalue weighted by Gasteiger charge is 2.56. The van der Waals surface area contributed by atoms with Gasteiger partial charge in [0.05, 0.1) is 11.4 Å². The summed E-state index contributed by atoms with van der Waals surface area (Å²) in [5.74, 6) is 0.981. The first-order chi connectivity index (χ1) is 17.1.